The van der Waals surface area contributed by atoms with E-state index in [1.165, 1.54) is 36.2 Å². The van der Waals surface area contributed by atoms with Gasteiger partial charge >= 0.3 is 6.18 Å². The molecule has 1 aliphatic rings. The highest BCUT2D eigenvalue weighted by atomic mass is 32.2. The zero-order chi connectivity index (χ0) is 20.0. The molecule has 0 aliphatic carbocycles. The zero-order valence-electron chi connectivity index (χ0n) is 15.1. The third-order valence-electron chi connectivity index (χ3n) is 4.47. The molecule has 0 amide bonds. The summed E-state index contributed by atoms with van der Waals surface area (Å²) in [5.74, 6) is 0.944. The topological polar surface area (TPSA) is 61.7 Å². The maximum Gasteiger partial charge on any atom is 0.416 e. The standard InChI is InChI=1S/C18H20F3N5OS/c19-18(20,21)14-3-1-4-15(13-14)26-10-8-25(9-11-26)7-2-12-28-17-22-6-5-16(23-17)24-27/h1,3-6,13H,2,7-12H2. The van der Waals surface area contributed by atoms with Crippen LogP contribution < -0.4 is 4.90 Å². The SMILES string of the molecule is O=Nc1ccnc(SCCCN2CCN(c3cccc(C(F)(F)F)c3)CC2)n1. The van der Waals surface area contributed by atoms with Crippen LogP contribution in [0, 0.1) is 4.91 Å². The van der Waals surface area contributed by atoms with Crippen molar-refractivity contribution in [2.45, 2.75) is 17.8 Å². The highest BCUT2D eigenvalue weighted by Crippen LogP contribution is 2.31. The van der Waals surface area contributed by atoms with Crippen molar-refractivity contribution in [3.8, 4) is 0 Å². The Balaban J connectivity index is 1.41. The molecule has 0 unspecified atom stereocenters. The van der Waals surface area contributed by atoms with Gasteiger partial charge in [-0.1, -0.05) is 17.8 Å². The Morgan fingerprint density at radius 3 is 2.64 bits per heavy atom. The summed E-state index contributed by atoms with van der Waals surface area (Å²) in [5.41, 5.74) is 0.00590. The molecule has 1 aromatic carbocycles. The summed E-state index contributed by atoms with van der Waals surface area (Å²) in [7, 11) is 0. The fourth-order valence-electron chi connectivity index (χ4n) is 3.01. The van der Waals surface area contributed by atoms with Crippen LogP contribution in [-0.2, 0) is 6.18 Å². The van der Waals surface area contributed by atoms with Crippen molar-refractivity contribution >= 4 is 23.3 Å². The maximum absolute atomic E-state index is 12.9. The number of rotatable bonds is 7. The molecule has 0 atom stereocenters. The van der Waals surface area contributed by atoms with Gasteiger partial charge in [0.2, 0.25) is 5.82 Å². The molecule has 3 rings (SSSR count). The van der Waals surface area contributed by atoms with Crippen LogP contribution in [0.4, 0.5) is 24.7 Å². The van der Waals surface area contributed by atoms with Crippen molar-refractivity contribution in [3.63, 3.8) is 0 Å². The molecule has 2 heterocycles. The molecule has 0 radical (unpaired) electrons. The fourth-order valence-corrected chi connectivity index (χ4v) is 3.76. The van der Waals surface area contributed by atoms with E-state index >= 15 is 0 Å². The highest BCUT2D eigenvalue weighted by molar-refractivity contribution is 7.99. The van der Waals surface area contributed by atoms with Crippen molar-refractivity contribution in [1.82, 2.24) is 14.9 Å². The van der Waals surface area contributed by atoms with Gasteiger partial charge in [-0.25, -0.2) is 4.98 Å². The van der Waals surface area contributed by atoms with Crippen molar-refractivity contribution in [1.29, 1.82) is 0 Å². The average Bonchev–Trinajstić information content (AvgIpc) is 2.71. The molecular formula is C18H20F3N5OS. The molecule has 0 saturated carbocycles. The lowest BCUT2D eigenvalue weighted by Gasteiger charge is -2.36. The third kappa shape index (κ3) is 5.65. The Morgan fingerprint density at radius 1 is 1.14 bits per heavy atom. The van der Waals surface area contributed by atoms with Crippen LogP contribution in [0.25, 0.3) is 0 Å². The lowest BCUT2D eigenvalue weighted by molar-refractivity contribution is -0.137. The van der Waals surface area contributed by atoms with E-state index in [9.17, 15) is 18.1 Å². The molecule has 1 fully saturated rings. The predicted molar refractivity (Wildman–Crippen MR) is 103 cm³/mol. The summed E-state index contributed by atoms with van der Waals surface area (Å²) in [6.07, 6.45) is -1.88. The number of anilines is 1. The number of halogens is 3. The summed E-state index contributed by atoms with van der Waals surface area (Å²) in [5, 5.41) is 3.33. The average molecular weight is 411 g/mol. The minimum absolute atomic E-state index is 0.128. The van der Waals surface area contributed by atoms with Gasteiger partial charge in [-0.2, -0.15) is 18.2 Å². The molecular weight excluding hydrogens is 391 g/mol. The molecule has 0 bridgehead atoms. The van der Waals surface area contributed by atoms with E-state index in [1.54, 1.807) is 6.07 Å². The van der Waals surface area contributed by atoms with E-state index in [-0.39, 0.29) is 5.82 Å². The minimum atomic E-state index is -4.32. The van der Waals surface area contributed by atoms with Gasteiger partial charge in [-0.15, -0.1) is 4.91 Å². The molecule has 2 aromatic rings. The number of thioether (sulfide) groups is 1. The Bertz CT molecular complexity index is 797. The first-order valence-electron chi connectivity index (χ1n) is 8.89. The molecule has 150 valence electrons. The Labute approximate surface area is 165 Å². The van der Waals surface area contributed by atoms with E-state index in [0.29, 0.717) is 23.9 Å². The second-order valence-corrected chi connectivity index (χ2v) is 7.43. The van der Waals surface area contributed by atoms with E-state index in [1.807, 2.05) is 4.90 Å². The molecule has 1 aromatic heterocycles. The summed E-state index contributed by atoms with van der Waals surface area (Å²) in [6.45, 7) is 3.91. The van der Waals surface area contributed by atoms with Crippen LogP contribution in [0.1, 0.15) is 12.0 Å². The number of hydrogen-bond donors (Lipinski definition) is 0. The molecule has 0 spiro atoms. The van der Waals surface area contributed by atoms with Crippen LogP contribution in [0.5, 0.6) is 0 Å². The van der Waals surface area contributed by atoms with Crippen LogP contribution >= 0.6 is 11.8 Å². The molecule has 0 N–H and O–H groups in total. The zero-order valence-corrected chi connectivity index (χ0v) is 15.9. The lowest BCUT2D eigenvalue weighted by Crippen LogP contribution is -2.46. The minimum Gasteiger partial charge on any atom is -0.369 e. The molecule has 1 saturated heterocycles. The Kier molecular flexibility index (Phi) is 6.84. The quantitative estimate of drug-likeness (QED) is 0.295. The van der Waals surface area contributed by atoms with Gasteiger partial charge in [0, 0.05) is 49.9 Å². The number of piperazine rings is 1. The fraction of sp³-hybridized carbons (Fsp3) is 0.444. The predicted octanol–water partition coefficient (Wildman–Crippen LogP) is 4.20. The van der Waals surface area contributed by atoms with Gasteiger partial charge in [-0.3, -0.25) is 4.90 Å². The van der Waals surface area contributed by atoms with Crippen LogP contribution in [0.2, 0.25) is 0 Å². The largest absolute Gasteiger partial charge is 0.416 e. The summed E-state index contributed by atoms with van der Waals surface area (Å²) < 4.78 is 38.6. The number of alkyl halides is 3. The second-order valence-electron chi connectivity index (χ2n) is 6.37. The van der Waals surface area contributed by atoms with E-state index in [4.69, 9.17) is 0 Å². The summed E-state index contributed by atoms with van der Waals surface area (Å²) in [4.78, 5) is 22.9. The van der Waals surface area contributed by atoms with E-state index in [2.05, 4.69) is 20.0 Å². The van der Waals surface area contributed by atoms with E-state index in [0.717, 1.165) is 37.9 Å². The van der Waals surface area contributed by atoms with Crippen molar-refractivity contribution in [2.24, 2.45) is 5.18 Å². The number of aromatic nitrogens is 2. The van der Waals surface area contributed by atoms with Gasteiger partial charge in [0.25, 0.3) is 0 Å². The number of nitroso groups, excluding NO2 is 1. The van der Waals surface area contributed by atoms with Crippen LogP contribution in [-0.4, -0.2) is 53.3 Å². The Morgan fingerprint density at radius 2 is 1.93 bits per heavy atom. The molecule has 6 nitrogen and oxygen atoms in total. The monoisotopic (exact) mass is 411 g/mol. The van der Waals surface area contributed by atoms with Gasteiger partial charge in [-0.05, 0) is 36.3 Å². The molecule has 28 heavy (non-hydrogen) atoms. The van der Waals surface area contributed by atoms with E-state index < -0.39 is 11.7 Å². The maximum atomic E-state index is 12.9. The second kappa shape index (κ2) is 9.33. The van der Waals surface area contributed by atoms with Gasteiger partial charge in [0.1, 0.15) is 0 Å². The van der Waals surface area contributed by atoms with Crippen LogP contribution in [0.3, 0.4) is 0 Å². The Hall–Kier alpha value is -2.20. The summed E-state index contributed by atoms with van der Waals surface area (Å²) in [6, 6.07) is 6.96. The van der Waals surface area contributed by atoms with Crippen molar-refractivity contribution < 1.29 is 13.2 Å². The number of benzene rings is 1. The first-order valence-corrected chi connectivity index (χ1v) is 9.88. The molecule has 1 aliphatic heterocycles. The molecule has 10 heteroatoms. The highest BCUT2D eigenvalue weighted by Gasteiger charge is 2.31. The van der Waals surface area contributed by atoms with Crippen molar-refractivity contribution in [2.75, 3.05) is 43.4 Å². The number of nitrogens with zero attached hydrogens (tertiary/aromatic N) is 5. The van der Waals surface area contributed by atoms with Crippen molar-refractivity contribution in [3.05, 3.63) is 47.0 Å². The third-order valence-corrected chi connectivity index (χ3v) is 5.42. The lowest BCUT2D eigenvalue weighted by atomic mass is 10.1. The van der Waals surface area contributed by atoms with Gasteiger partial charge in [0.05, 0.1) is 5.56 Å². The van der Waals surface area contributed by atoms with Crippen LogP contribution in [0.15, 0.2) is 46.9 Å². The first-order chi connectivity index (χ1) is 13.5. The summed E-state index contributed by atoms with van der Waals surface area (Å²) >= 11 is 1.48. The number of hydrogen-bond acceptors (Lipinski definition) is 7. The first kappa shape index (κ1) is 20.5. The van der Waals surface area contributed by atoms with Gasteiger partial charge < -0.3 is 4.90 Å². The van der Waals surface area contributed by atoms with Gasteiger partial charge in [0.15, 0.2) is 5.16 Å². The smallest absolute Gasteiger partial charge is 0.369 e. The normalized spacial score (nSPS) is 15.6.